The first-order valence-corrected chi connectivity index (χ1v) is 4.45. The molecule has 0 aliphatic heterocycles. The predicted molar refractivity (Wildman–Crippen MR) is 60.7 cm³/mol. The minimum atomic E-state index is 0. The SMILES string of the molecule is CNC(C)Cc1cccc(C)c1.Cl. The van der Waals surface area contributed by atoms with E-state index in [1.54, 1.807) is 0 Å². The largest absolute Gasteiger partial charge is 0.317 e. The fourth-order valence-electron chi connectivity index (χ4n) is 1.29. The van der Waals surface area contributed by atoms with Crippen LogP contribution in [0.4, 0.5) is 0 Å². The van der Waals surface area contributed by atoms with Gasteiger partial charge in [0.2, 0.25) is 0 Å². The minimum absolute atomic E-state index is 0. The Hall–Kier alpha value is -0.530. The molecule has 1 aromatic rings. The maximum atomic E-state index is 3.23. The van der Waals surface area contributed by atoms with Crippen LogP contribution in [0.3, 0.4) is 0 Å². The van der Waals surface area contributed by atoms with Crippen molar-refractivity contribution in [1.29, 1.82) is 0 Å². The van der Waals surface area contributed by atoms with E-state index in [9.17, 15) is 0 Å². The third kappa shape index (κ3) is 4.30. The standard InChI is InChI=1S/C11H17N.ClH/c1-9-5-4-6-11(7-9)8-10(2)12-3;/h4-7,10,12H,8H2,1-3H3;1H. The molecule has 1 aromatic carbocycles. The van der Waals surface area contributed by atoms with Crippen LogP contribution in [0.15, 0.2) is 24.3 Å². The molecule has 0 aliphatic rings. The summed E-state index contributed by atoms with van der Waals surface area (Å²) < 4.78 is 0. The Labute approximate surface area is 87.0 Å². The summed E-state index contributed by atoms with van der Waals surface area (Å²) in [7, 11) is 2.00. The van der Waals surface area contributed by atoms with E-state index in [4.69, 9.17) is 0 Å². The maximum Gasteiger partial charge on any atom is 0.00761 e. The number of benzene rings is 1. The molecule has 1 N–H and O–H groups in total. The van der Waals surface area contributed by atoms with E-state index < -0.39 is 0 Å². The van der Waals surface area contributed by atoms with Gasteiger partial charge in [0.15, 0.2) is 0 Å². The molecule has 0 spiro atoms. The van der Waals surface area contributed by atoms with Gasteiger partial charge in [-0.3, -0.25) is 0 Å². The van der Waals surface area contributed by atoms with E-state index in [2.05, 4.69) is 43.4 Å². The zero-order valence-electron chi connectivity index (χ0n) is 8.50. The van der Waals surface area contributed by atoms with Crippen molar-refractivity contribution in [3.8, 4) is 0 Å². The number of aryl methyl sites for hydroxylation is 1. The quantitative estimate of drug-likeness (QED) is 0.789. The van der Waals surface area contributed by atoms with Crippen LogP contribution in [-0.4, -0.2) is 13.1 Å². The highest BCUT2D eigenvalue weighted by atomic mass is 35.5. The van der Waals surface area contributed by atoms with Gasteiger partial charge >= 0.3 is 0 Å². The van der Waals surface area contributed by atoms with Crippen LogP contribution in [0.2, 0.25) is 0 Å². The Balaban J connectivity index is 0.00000144. The lowest BCUT2D eigenvalue weighted by atomic mass is 10.1. The molecular weight excluding hydrogens is 182 g/mol. The summed E-state index contributed by atoms with van der Waals surface area (Å²) in [5.41, 5.74) is 2.76. The van der Waals surface area contributed by atoms with Gasteiger partial charge in [0.25, 0.3) is 0 Å². The van der Waals surface area contributed by atoms with Crippen molar-refractivity contribution in [1.82, 2.24) is 5.32 Å². The van der Waals surface area contributed by atoms with Crippen LogP contribution < -0.4 is 5.32 Å². The minimum Gasteiger partial charge on any atom is -0.317 e. The van der Waals surface area contributed by atoms with Crippen molar-refractivity contribution in [2.24, 2.45) is 0 Å². The average Bonchev–Trinajstić information content (AvgIpc) is 2.04. The van der Waals surface area contributed by atoms with Crippen molar-refractivity contribution in [2.45, 2.75) is 26.3 Å². The van der Waals surface area contributed by atoms with Crippen LogP contribution in [0.25, 0.3) is 0 Å². The van der Waals surface area contributed by atoms with Gasteiger partial charge in [-0.25, -0.2) is 0 Å². The highest BCUT2D eigenvalue weighted by molar-refractivity contribution is 5.85. The first-order chi connectivity index (χ1) is 5.72. The lowest BCUT2D eigenvalue weighted by molar-refractivity contribution is 0.608. The third-order valence-electron chi connectivity index (χ3n) is 2.12. The summed E-state index contributed by atoms with van der Waals surface area (Å²) >= 11 is 0. The molecule has 1 atom stereocenters. The Morgan fingerprint density at radius 3 is 2.62 bits per heavy atom. The molecule has 0 bridgehead atoms. The van der Waals surface area contributed by atoms with Crippen LogP contribution >= 0.6 is 12.4 Å². The average molecular weight is 200 g/mol. The van der Waals surface area contributed by atoms with Gasteiger partial charge in [-0.05, 0) is 32.9 Å². The van der Waals surface area contributed by atoms with Crippen LogP contribution in [0, 0.1) is 6.92 Å². The lowest BCUT2D eigenvalue weighted by Crippen LogP contribution is -2.23. The molecular formula is C11H18ClN. The van der Waals surface area contributed by atoms with Crippen LogP contribution in [0.5, 0.6) is 0 Å². The Kier molecular flexibility index (Phi) is 5.76. The second-order valence-corrected chi connectivity index (χ2v) is 3.38. The molecule has 74 valence electrons. The van der Waals surface area contributed by atoms with E-state index in [0.29, 0.717) is 6.04 Å². The summed E-state index contributed by atoms with van der Waals surface area (Å²) in [6, 6.07) is 9.24. The predicted octanol–water partition coefficient (Wildman–Crippen LogP) is 2.57. The van der Waals surface area contributed by atoms with Gasteiger partial charge in [0, 0.05) is 6.04 Å². The van der Waals surface area contributed by atoms with Crippen molar-refractivity contribution >= 4 is 12.4 Å². The first kappa shape index (κ1) is 12.5. The van der Waals surface area contributed by atoms with Gasteiger partial charge in [-0.1, -0.05) is 29.8 Å². The summed E-state index contributed by atoms with van der Waals surface area (Å²) in [5, 5.41) is 3.23. The third-order valence-corrected chi connectivity index (χ3v) is 2.12. The lowest BCUT2D eigenvalue weighted by Gasteiger charge is -2.09. The molecule has 1 unspecified atom stereocenters. The second-order valence-electron chi connectivity index (χ2n) is 3.38. The summed E-state index contributed by atoms with van der Waals surface area (Å²) in [5.74, 6) is 0. The summed E-state index contributed by atoms with van der Waals surface area (Å²) in [6.07, 6.45) is 1.11. The van der Waals surface area contributed by atoms with E-state index in [0.717, 1.165) is 6.42 Å². The number of hydrogen-bond acceptors (Lipinski definition) is 1. The fourth-order valence-corrected chi connectivity index (χ4v) is 1.29. The zero-order chi connectivity index (χ0) is 8.97. The molecule has 2 heteroatoms. The fraction of sp³-hybridized carbons (Fsp3) is 0.455. The topological polar surface area (TPSA) is 12.0 Å². The molecule has 0 aliphatic carbocycles. The number of halogens is 1. The van der Waals surface area contributed by atoms with Crippen molar-refractivity contribution < 1.29 is 0 Å². The van der Waals surface area contributed by atoms with E-state index in [1.165, 1.54) is 11.1 Å². The maximum absolute atomic E-state index is 3.23. The molecule has 0 amide bonds. The number of likely N-dealkylation sites (N-methyl/N-ethyl adjacent to an activating group) is 1. The van der Waals surface area contributed by atoms with E-state index >= 15 is 0 Å². The number of hydrogen-bond donors (Lipinski definition) is 1. The zero-order valence-corrected chi connectivity index (χ0v) is 9.32. The Morgan fingerprint density at radius 1 is 1.38 bits per heavy atom. The summed E-state index contributed by atoms with van der Waals surface area (Å²) in [4.78, 5) is 0. The summed E-state index contributed by atoms with van der Waals surface area (Å²) in [6.45, 7) is 4.33. The van der Waals surface area contributed by atoms with Crippen molar-refractivity contribution in [3.05, 3.63) is 35.4 Å². The molecule has 0 radical (unpaired) electrons. The molecule has 0 aromatic heterocycles. The molecule has 1 rings (SSSR count). The smallest absolute Gasteiger partial charge is 0.00761 e. The number of rotatable bonds is 3. The monoisotopic (exact) mass is 199 g/mol. The molecule has 13 heavy (non-hydrogen) atoms. The van der Waals surface area contributed by atoms with Gasteiger partial charge in [-0.2, -0.15) is 0 Å². The molecule has 0 saturated heterocycles. The van der Waals surface area contributed by atoms with Gasteiger partial charge in [-0.15, -0.1) is 12.4 Å². The van der Waals surface area contributed by atoms with E-state index in [1.807, 2.05) is 7.05 Å². The second kappa shape index (κ2) is 6.01. The van der Waals surface area contributed by atoms with Crippen molar-refractivity contribution in [3.63, 3.8) is 0 Å². The van der Waals surface area contributed by atoms with Gasteiger partial charge < -0.3 is 5.32 Å². The Morgan fingerprint density at radius 2 is 2.08 bits per heavy atom. The molecule has 0 heterocycles. The normalized spacial score (nSPS) is 11.9. The number of nitrogens with one attached hydrogen (secondary N) is 1. The van der Waals surface area contributed by atoms with Gasteiger partial charge in [0.05, 0.1) is 0 Å². The molecule has 0 saturated carbocycles. The highest BCUT2D eigenvalue weighted by Crippen LogP contribution is 2.06. The first-order valence-electron chi connectivity index (χ1n) is 4.45. The van der Waals surface area contributed by atoms with E-state index in [-0.39, 0.29) is 12.4 Å². The van der Waals surface area contributed by atoms with Crippen molar-refractivity contribution in [2.75, 3.05) is 7.05 Å². The molecule has 1 nitrogen and oxygen atoms in total. The Bertz CT molecular complexity index is 248. The highest BCUT2D eigenvalue weighted by Gasteiger charge is 1.99. The molecule has 0 fully saturated rings. The van der Waals surface area contributed by atoms with Crippen LogP contribution in [-0.2, 0) is 6.42 Å². The van der Waals surface area contributed by atoms with Gasteiger partial charge in [0.1, 0.15) is 0 Å². The van der Waals surface area contributed by atoms with Crippen LogP contribution in [0.1, 0.15) is 18.1 Å².